The van der Waals surface area contributed by atoms with Crippen molar-refractivity contribution < 1.29 is 4.79 Å². The summed E-state index contributed by atoms with van der Waals surface area (Å²) in [5.74, 6) is 0.831. The van der Waals surface area contributed by atoms with Crippen molar-refractivity contribution in [3.05, 3.63) is 29.8 Å². The smallest absolute Gasteiger partial charge is 0.227 e. The Morgan fingerprint density at radius 1 is 1.42 bits per heavy atom. The molecular formula is C18H26N4OS. The maximum Gasteiger partial charge on any atom is 0.227 e. The van der Waals surface area contributed by atoms with Crippen molar-refractivity contribution in [1.29, 1.82) is 0 Å². The molecule has 1 heterocycles. The predicted molar refractivity (Wildman–Crippen MR) is 103 cm³/mol. The Kier molecular flexibility index (Phi) is 6.73. The van der Waals surface area contributed by atoms with E-state index in [1.807, 2.05) is 36.1 Å². The molecule has 0 spiro atoms. The zero-order valence-electron chi connectivity index (χ0n) is 14.6. The fourth-order valence-corrected chi connectivity index (χ4v) is 2.68. The van der Waals surface area contributed by atoms with Crippen molar-refractivity contribution in [3.8, 4) is 0 Å². The first kappa shape index (κ1) is 18.4. The molecule has 0 bridgehead atoms. The average Bonchev–Trinajstić information content (AvgIpc) is 2.98. The first-order valence-corrected chi connectivity index (χ1v) is 8.87. The molecule has 2 rings (SSSR count). The normalized spacial score (nSPS) is 15.1. The number of rotatable bonds is 6. The summed E-state index contributed by atoms with van der Waals surface area (Å²) in [6.07, 6.45) is 2.62. The van der Waals surface area contributed by atoms with Crippen LogP contribution < -0.4 is 15.6 Å². The lowest BCUT2D eigenvalue weighted by Crippen LogP contribution is -2.33. The van der Waals surface area contributed by atoms with Crippen LogP contribution in [0.25, 0.3) is 0 Å². The minimum atomic E-state index is 0.190. The molecule has 0 radical (unpaired) electrons. The first-order chi connectivity index (χ1) is 11.5. The quantitative estimate of drug-likeness (QED) is 0.472. The second-order valence-corrected chi connectivity index (χ2v) is 6.85. The van der Waals surface area contributed by atoms with Crippen LogP contribution >= 0.6 is 12.2 Å². The van der Waals surface area contributed by atoms with E-state index in [0.29, 0.717) is 17.5 Å². The van der Waals surface area contributed by atoms with E-state index >= 15 is 0 Å². The van der Waals surface area contributed by atoms with Gasteiger partial charge < -0.3 is 10.2 Å². The topological polar surface area (TPSA) is 56.7 Å². The van der Waals surface area contributed by atoms with Crippen molar-refractivity contribution in [2.75, 3.05) is 18.0 Å². The molecule has 5 nitrogen and oxygen atoms in total. The van der Waals surface area contributed by atoms with Crippen LogP contribution in [-0.4, -0.2) is 29.8 Å². The highest BCUT2D eigenvalue weighted by molar-refractivity contribution is 7.80. The lowest BCUT2D eigenvalue weighted by molar-refractivity contribution is -0.117. The molecule has 1 aromatic rings. The molecule has 0 aliphatic carbocycles. The highest BCUT2D eigenvalue weighted by atomic mass is 32.1. The zero-order valence-corrected chi connectivity index (χ0v) is 15.4. The summed E-state index contributed by atoms with van der Waals surface area (Å²) in [6, 6.07) is 7.90. The zero-order chi connectivity index (χ0) is 17.5. The van der Waals surface area contributed by atoms with Crippen molar-refractivity contribution in [2.24, 2.45) is 11.0 Å². The van der Waals surface area contributed by atoms with E-state index in [-0.39, 0.29) is 5.91 Å². The Hall–Kier alpha value is -1.95. The van der Waals surface area contributed by atoms with Crippen LogP contribution in [0.5, 0.6) is 0 Å². The SMILES string of the molecule is C/C(=N/NC(=S)NCCC(C)C)c1cccc(N2CCCC2=O)c1. The van der Waals surface area contributed by atoms with Crippen LogP contribution in [0, 0.1) is 5.92 Å². The number of thiocarbonyl (C=S) groups is 1. The van der Waals surface area contributed by atoms with Crippen molar-refractivity contribution in [1.82, 2.24) is 10.7 Å². The number of carbonyl (C=O) groups excluding carboxylic acids is 1. The molecule has 0 atom stereocenters. The van der Waals surface area contributed by atoms with Gasteiger partial charge in [-0.05, 0) is 55.6 Å². The Labute approximate surface area is 149 Å². The van der Waals surface area contributed by atoms with E-state index < -0.39 is 0 Å². The van der Waals surface area contributed by atoms with E-state index in [9.17, 15) is 4.79 Å². The molecule has 6 heteroatoms. The van der Waals surface area contributed by atoms with E-state index in [1.165, 1.54) is 0 Å². The molecule has 130 valence electrons. The van der Waals surface area contributed by atoms with Gasteiger partial charge in [0.1, 0.15) is 0 Å². The molecule has 1 aliphatic rings. The number of anilines is 1. The van der Waals surface area contributed by atoms with E-state index in [1.54, 1.807) is 0 Å². The van der Waals surface area contributed by atoms with Gasteiger partial charge in [0.05, 0.1) is 5.71 Å². The molecule has 1 aromatic carbocycles. The largest absolute Gasteiger partial charge is 0.361 e. The van der Waals surface area contributed by atoms with Gasteiger partial charge in [-0.1, -0.05) is 26.0 Å². The lowest BCUT2D eigenvalue weighted by atomic mass is 10.1. The van der Waals surface area contributed by atoms with E-state index in [0.717, 1.165) is 42.9 Å². The number of hydrogen-bond acceptors (Lipinski definition) is 3. The standard InChI is InChI=1S/C18H26N4OS/c1-13(2)9-10-19-18(24)21-20-14(3)15-6-4-7-16(12-15)22-11-5-8-17(22)23/h4,6-7,12-13H,5,8-11H2,1-3H3,(H2,19,21,24)/b20-14-. The number of hydrogen-bond donors (Lipinski definition) is 2. The summed E-state index contributed by atoms with van der Waals surface area (Å²) >= 11 is 5.22. The Morgan fingerprint density at radius 2 is 2.21 bits per heavy atom. The summed E-state index contributed by atoms with van der Waals surface area (Å²) in [5.41, 5.74) is 5.62. The highest BCUT2D eigenvalue weighted by Crippen LogP contribution is 2.22. The summed E-state index contributed by atoms with van der Waals surface area (Å²) < 4.78 is 0. The number of hydrazone groups is 1. The Bertz CT molecular complexity index is 627. The Balaban J connectivity index is 1.95. The maximum atomic E-state index is 11.9. The van der Waals surface area contributed by atoms with Crippen LogP contribution in [0.4, 0.5) is 5.69 Å². The first-order valence-electron chi connectivity index (χ1n) is 8.46. The number of amides is 1. The van der Waals surface area contributed by atoms with Gasteiger partial charge in [0.15, 0.2) is 5.11 Å². The monoisotopic (exact) mass is 346 g/mol. The minimum absolute atomic E-state index is 0.190. The van der Waals surface area contributed by atoms with Gasteiger partial charge in [-0.15, -0.1) is 0 Å². The predicted octanol–water partition coefficient (Wildman–Crippen LogP) is 3.05. The molecule has 0 unspecified atom stereocenters. The van der Waals surface area contributed by atoms with Gasteiger partial charge in [-0.25, -0.2) is 0 Å². The van der Waals surface area contributed by atoms with Crippen LogP contribution in [-0.2, 0) is 4.79 Å². The fourth-order valence-electron chi connectivity index (χ4n) is 2.53. The molecule has 24 heavy (non-hydrogen) atoms. The number of carbonyl (C=O) groups is 1. The minimum Gasteiger partial charge on any atom is -0.361 e. The second kappa shape index (κ2) is 8.78. The number of benzene rings is 1. The molecule has 1 saturated heterocycles. The van der Waals surface area contributed by atoms with E-state index in [4.69, 9.17) is 12.2 Å². The molecule has 2 N–H and O–H groups in total. The molecular weight excluding hydrogens is 320 g/mol. The summed E-state index contributed by atoms with van der Waals surface area (Å²) in [7, 11) is 0. The third kappa shape index (κ3) is 5.30. The summed E-state index contributed by atoms with van der Waals surface area (Å²) in [6.45, 7) is 7.91. The van der Waals surface area contributed by atoms with Gasteiger partial charge in [-0.2, -0.15) is 5.10 Å². The van der Waals surface area contributed by atoms with Crippen LogP contribution in [0.2, 0.25) is 0 Å². The average molecular weight is 347 g/mol. The van der Waals surface area contributed by atoms with Crippen molar-refractivity contribution >= 4 is 34.6 Å². The lowest BCUT2D eigenvalue weighted by Gasteiger charge is -2.16. The van der Waals surface area contributed by atoms with Gasteiger partial charge in [0, 0.05) is 25.2 Å². The number of nitrogens with one attached hydrogen (secondary N) is 2. The third-order valence-corrected chi connectivity index (χ3v) is 4.22. The second-order valence-electron chi connectivity index (χ2n) is 6.45. The Morgan fingerprint density at radius 3 is 2.88 bits per heavy atom. The molecule has 1 fully saturated rings. The van der Waals surface area contributed by atoms with Gasteiger partial charge >= 0.3 is 0 Å². The fraction of sp³-hybridized carbons (Fsp3) is 0.500. The van der Waals surface area contributed by atoms with Crippen LogP contribution in [0.15, 0.2) is 29.4 Å². The summed E-state index contributed by atoms with van der Waals surface area (Å²) in [5, 5.41) is 8.01. The molecule has 1 amide bonds. The van der Waals surface area contributed by atoms with E-state index in [2.05, 4.69) is 29.7 Å². The highest BCUT2D eigenvalue weighted by Gasteiger charge is 2.21. The molecule has 1 aliphatic heterocycles. The molecule has 0 saturated carbocycles. The summed E-state index contributed by atoms with van der Waals surface area (Å²) in [4.78, 5) is 13.7. The van der Waals surface area contributed by atoms with Gasteiger partial charge in [0.25, 0.3) is 0 Å². The van der Waals surface area contributed by atoms with Gasteiger partial charge in [-0.3, -0.25) is 10.2 Å². The van der Waals surface area contributed by atoms with Crippen LogP contribution in [0.1, 0.15) is 45.6 Å². The number of nitrogens with zero attached hydrogens (tertiary/aromatic N) is 2. The third-order valence-electron chi connectivity index (χ3n) is 3.98. The maximum absolute atomic E-state index is 11.9. The molecule has 0 aromatic heterocycles. The van der Waals surface area contributed by atoms with Crippen molar-refractivity contribution in [2.45, 2.75) is 40.0 Å². The van der Waals surface area contributed by atoms with Crippen molar-refractivity contribution in [3.63, 3.8) is 0 Å². The van der Waals surface area contributed by atoms with Gasteiger partial charge in [0.2, 0.25) is 5.91 Å². The van der Waals surface area contributed by atoms with Crippen LogP contribution in [0.3, 0.4) is 0 Å².